The summed E-state index contributed by atoms with van der Waals surface area (Å²) in [5.74, 6) is -1.43. The Labute approximate surface area is 218 Å². The Morgan fingerprint density at radius 1 is 1.08 bits per heavy atom. The molecule has 1 unspecified atom stereocenters. The van der Waals surface area contributed by atoms with Crippen LogP contribution in [0.15, 0.2) is 24.6 Å². The standard InChI is InChI=1S/C26H42F2N4O5/c1-16(30-21(14-19-7-10-29-24(19)35)22(33)15-37-26(6,27)28)20(13-18-8-11-36-12-9-18)31-23(34)17(2)32-25(3,4)5/h18-21,30,32H,1-2,7-15H2,3-6H3,(H,29,35)(H,31,34)/t19-,20?,21-/m0/s1. The molecule has 2 aliphatic rings. The molecule has 4 N–H and O–H groups in total. The van der Waals surface area contributed by atoms with Crippen molar-refractivity contribution in [3.8, 4) is 0 Å². The first kappa shape index (κ1) is 30.7. The zero-order chi connectivity index (χ0) is 27.8. The van der Waals surface area contributed by atoms with Crippen molar-refractivity contribution in [2.24, 2.45) is 11.8 Å². The van der Waals surface area contributed by atoms with Crippen molar-refractivity contribution in [3.05, 3.63) is 24.6 Å². The van der Waals surface area contributed by atoms with Gasteiger partial charge < -0.3 is 30.7 Å². The molecule has 2 aliphatic heterocycles. The predicted octanol–water partition coefficient (Wildman–Crippen LogP) is 2.39. The molecule has 3 atom stereocenters. The summed E-state index contributed by atoms with van der Waals surface area (Å²) < 4.78 is 36.4. The highest BCUT2D eigenvalue weighted by molar-refractivity contribution is 5.92. The molecule has 37 heavy (non-hydrogen) atoms. The minimum Gasteiger partial charge on any atom is -0.381 e. The second-order valence-corrected chi connectivity index (χ2v) is 11.0. The van der Waals surface area contributed by atoms with E-state index in [2.05, 4.69) is 39.2 Å². The van der Waals surface area contributed by atoms with Crippen LogP contribution < -0.4 is 21.3 Å². The summed E-state index contributed by atoms with van der Waals surface area (Å²) in [6.45, 7) is 15.1. The average Bonchev–Trinajstić information content (AvgIpc) is 3.19. The molecule has 0 aromatic heterocycles. The number of rotatable bonds is 14. The SMILES string of the molecule is C=C(NC(C)(C)C)C(=O)NC(CC1CCOCC1)C(=C)N[C@@H](C[C@@H]1CCNC1=O)C(=O)COC(C)(F)F. The summed E-state index contributed by atoms with van der Waals surface area (Å²) in [4.78, 5) is 38.0. The van der Waals surface area contributed by atoms with Crippen molar-refractivity contribution in [1.29, 1.82) is 0 Å². The fourth-order valence-electron chi connectivity index (χ4n) is 4.41. The van der Waals surface area contributed by atoms with Gasteiger partial charge in [-0.2, -0.15) is 8.78 Å². The van der Waals surface area contributed by atoms with E-state index in [4.69, 9.17) is 4.74 Å². The number of carbonyl (C=O) groups is 3. The lowest BCUT2D eigenvalue weighted by Gasteiger charge is -2.32. The Balaban J connectivity index is 2.18. The normalized spacial score (nSPS) is 20.5. The molecule has 0 spiro atoms. The average molecular weight is 529 g/mol. The van der Waals surface area contributed by atoms with Gasteiger partial charge in [-0.05, 0) is 58.8 Å². The number of Topliss-reactive ketones (excluding diaryl/α,β-unsaturated/α-hetero) is 1. The molecule has 2 saturated heterocycles. The summed E-state index contributed by atoms with van der Waals surface area (Å²) in [5, 5.41) is 11.7. The maximum absolute atomic E-state index is 13.3. The van der Waals surface area contributed by atoms with Crippen molar-refractivity contribution < 1.29 is 32.6 Å². The predicted molar refractivity (Wildman–Crippen MR) is 135 cm³/mol. The fraction of sp³-hybridized carbons (Fsp3) is 0.731. The zero-order valence-corrected chi connectivity index (χ0v) is 22.4. The van der Waals surface area contributed by atoms with Crippen molar-refractivity contribution in [1.82, 2.24) is 21.3 Å². The first-order valence-electron chi connectivity index (χ1n) is 12.8. The fourth-order valence-corrected chi connectivity index (χ4v) is 4.41. The lowest BCUT2D eigenvalue weighted by atomic mass is 9.90. The van der Waals surface area contributed by atoms with Crippen LogP contribution in [0, 0.1) is 11.8 Å². The van der Waals surface area contributed by atoms with Gasteiger partial charge in [0.15, 0.2) is 5.78 Å². The highest BCUT2D eigenvalue weighted by Gasteiger charge is 2.34. The summed E-state index contributed by atoms with van der Waals surface area (Å²) in [6.07, 6.45) is -0.684. The van der Waals surface area contributed by atoms with Gasteiger partial charge in [0.05, 0.1) is 17.8 Å². The van der Waals surface area contributed by atoms with E-state index >= 15 is 0 Å². The number of nitrogens with one attached hydrogen (secondary N) is 4. The summed E-state index contributed by atoms with van der Waals surface area (Å²) in [6, 6.07) is -1.57. The van der Waals surface area contributed by atoms with Gasteiger partial charge in [-0.3, -0.25) is 14.4 Å². The van der Waals surface area contributed by atoms with Gasteiger partial charge in [0.25, 0.3) is 5.91 Å². The lowest BCUT2D eigenvalue weighted by molar-refractivity contribution is -0.223. The molecule has 210 valence electrons. The largest absolute Gasteiger partial charge is 0.381 e. The van der Waals surface area contributed by atoms with Gasteiger partial charge >= 0.3 is 6.11 Å². The van der Waals surface area contributed by atoms with Crippen LogP contribution in [0.5, 0.6) is 0 Å². The van der Waals surface area contributed by atoms with Crippen molar-refractivity contribution >= 4 is 17.6 Å². The van der Waals surface area contributed by atoms with Crippen LogP contribution in [0.3, 0.4) is 0 Å². The molecule has 11 heteroatoms. The van der Waals surface area contributed by atoms with Crippen molar-refractivity contribution in [2.75, 3.05) is 26.4 Å². The summed E-state index contributed by atoms with van der Waals surface area (Å²) in [5.41, 5.74) is 0.162. The van der Waals surface area contributed by atoms with Crippen LogP contribution in [0.2, 0.25) is 0 Å². The lowest BCUT2D eigenvalue weighted by Crippen LogP contribution is -2.49. The van der Waals surface area contributed by atoms with Gasteiger partial charge in [-0.15, -0.1) is 0 Å². The van der Waals surface area contributed by atoms with E-state index in [1.54, 1.807) is 0 Å². The molecule has 0 aromatic carbocycles. The molecule has 0 saturated carbocycles. The van der Waals surface area contributed by atoms with Gasteiger partial charge in [0.2, 0.25) is 5.91 Å². The van der Waals surface area contributed by atoms with E-state index < -0.39 is 42.4 Å². The van der Waals surface area contributed by atoms with Gasteiger partial charge in [0.1, 0.15) is 6.61 Å². The smallest absolute Gasteiger partial charge is 0.353 e. The van der Waals surface area contributed by atoms with E-state index in [1.807, 2.05) is 20.8 Å². The van der Waals surface area contributed by atoms with Crippen LogP contribution in [-0.2, 0) is 23.9 Å². The van der Waals surface area contributed by atoms with Crippen LogP contribution in [0.1, 0.15) is 59.8 Å². The number of amides is 2. The molecule has 0 aliphatic carbocycles. The Bertz CT molecular complexity index is 847. The van der Waals surface area contributed by atoms with E-state index in [1.165, 1.54) is 0 Å². The number of ketones is 1. The third kappa shape index (κ3) is 11.2. The first-order valence-corrected chi connectivity index (χ1v) is 12.8. The van der Waals surface area contributed by atoms with Crippen LogP contribution in [0.4, 0.5) is 8.78 Å². The molecular weight excluding hydrogens is 486 g/mol. The second-order valence-electron chi connectivity index (χ2n) is 11.0. The van der Waals surface area contributed by atoms with Crippen LogP contribution >= 0.6 is 0 Å². The number of ether oxygens (including phenoxy) is 2. The maximum atomic E-state index is 13.3. The molecule has 2 fully saturated rings. The molecular formula is C26H42F2N4O5. The quantitative estimate of drug-likeness (QED) is 0.256. The number of alkyl halides is 2. The number of halogens is 2. The minimum absolute atomic E-state index is 0.0958. The van der Waals surface area contributed by atoms with Crippen LogP contribution in [0.25, 0.3) is 0 Å². The number of hydrogen-bond acceptors (Lipinski definition) is 7. The first-order chi connectivity index (χ1) is 17.1. The minimum atomic E-state index is -3.47. The number of hydrogen-bond donors (Lipinski definition) is 4. The van der Waals surface area contributed by atoms with E-state index in [-0.39, 0.29) is 29.5 Å². The highest BCUT2D eigenvalue weighted by Crippen LogP contribution is 2.24. The molecule has 0 bridgehead atoms. The summed E-state index contributed by atoms with van der Waals surface area (Å²) in [7, 11) is 0. The molecule has 2 rings (SSSR count). The third-order valence-corrected chi connectivity index (χ3v) is 6.34. The molecule has 9 nitrogen and oxygen atoms in total. The topological polar surface area (TPSA) is 118 Å². The maximum Gasteiger partial charge on any atom is 0.353 e. The number of carbonyl (C=O) groups excluding carboxylic acids is 3. The Hall–Kier alpha value is -2.53. The Morgan fingerprint density at radius 3 is 2.27 bits per heavy atom. The van der Waals surface area contributed by atoms with E-state index in [0.29, 0.717) is 45.2 Å². The Kier molecular flexibility index (Phi) is 11.0. The van der Waals surface area contributed by atoms with E-state index in [9.17, 15) is 23.2 Å². The Morgan fingerprint density at radius 2 is 1.73 bits per heavy atom. The molecule has 0 radical (unpaired) electrons. The third-order valence-electron chi connectivity index (χ3n) is 6.34. The summed E-state index contributed by atoms with van der Waals surface area (Å²) >= 11 is 0. The molecule has 2 amide bonds. The van der Waals surface area contributed by atoms with E-state index in [0.717, 1.165) is 12.8 Å². The monoisotopic (exact) mass is 528 g/mol. The van der Waals surface area contributed by atoms with Crippen LogP contribution in [-0.4, -0.2) is 67.7 Å². The van der Waals surface area contributed by atoms with Gasteiger partial charge in [-0.1, -0.05) is 13.2 Å². The van der Waals surface area contributed by atoms with Crippen molar-refractivity contribution in [3.63, 3.8) is 0 Å². The molecule has 0 aromatic rings. The van der Waals surface area contributed by atoms with Crippen molar-refractivity contribution in [2.45, 2.75) is 83.5 Å². The highest BCUT2D eigenvalue weighted by atomic mass is 19.3. The zero-order valence-electron chi connectivity index (χ0n) is 22.4. The second kappa shape index (κ2) is 13.3. The van der Waals surface area contributed by atoms with Gasteiger partial charge in [-0.25, -0.2) is 0 Å². The molecule has 2 heterocycles. The van der Waals surface area contributed by atoms with Gasteiger partial charge in [0, 0.05) is 43.8 Å².